The highest BCUT2D eigenvalue weighted by atomic mass is 35.5. The summed E-state index contributed by atoms with van der Waals surface area (Å²) in [4.78, 5) is 28.9. The van der Waals surface area contributed by atoms with Crippen LogP contribution in [0.1, 0.15) is 31.2 Å². The minimum absolute atomic E-state index is 0. The van der Waals surface area contributed by atoms with Crippen LogP contribution in [0.3, 0.4) is 0 Å². The van der Waals surface area contributed by atoms with Crippen LogP contribution < -0.4 is 5.73 Å². The maximum absolute atomic E-state index is 12.6. The van der Waals surface area contributed by atoms with Crippen LogP contribution in [0, 0.1) is 5.92 Å². The summed E-state index contributed by atoms with van der Waals surface area (Å²) in [5.74, 6) is 0.443. The lowest BCUT2D eigenvalue weighted by molar-refractivity contribution is -0.143. The Bertz CT molecular complexity index is 615. The van der Waals surface area contributed by atoms with E-state index in [2.05, 4.69) is 12.1 Å². The highest BCUT2D eigenvalue weighted by Crippen LogP contribution is 2.21. The molecule has 0 aromatic heterocycles. The number of morpholine rings is 1. The number of benzene rings is 1. The second-order valence-electron chi connectivity index (χ2n) is 7.58. The average molecular weight is 410 g/mol. The number of ether oxygens (including phenoxy) is 1. The average Bonchev–Trinajstić information content (AvgIpc) is 2.73. The van der Waals surface area contributed by atoms with E-state index in [1.807, 2.05) is 28.0 Å². The molecule has 2 amide bonds. The van der Waals surface area contributed by atoms with Gasteiger partial charge in [-0.2, -0.15) is 0 Å². The van der Waals surface area contributed by atoms with Crippen molar-refractivity contribution in [1.29, 1.82) is 0 Å². The molecule has 0 saturated carbocycles. The van der Waals surface area contributed by atoms with Gasteiger partial charge in [0, 0.05) is 44.6 Å². The van der Waals surface area contributed by atoms with Crippen molar-refractivity contribution in [1.82, 2.24) is 9.80 Å². The summed E-state index contributed by atoms with van der Waals surface area (Å²) in [6.45, 7) is 3.99. The number of likely N-dealkylation sites (tertiary alicyclic amines) is 1. The van der Waals surface area contributed by atoms with Gasteiger partial charge >= 0.3 is 0 Å². The standard InChI is InChI=1S/C21H31N3O3.ClH/c22-19(16-17-4-2-1-3-5-17)6-7-20(25)23-10-8-18(9-11-23)21(26)24-12-14-27-15-13-24;/h1-5,18-19H,6-16,22H2;1H/t19-;/m0./s1. The quantitative estimate of drug-likeness (QED) is 0.778. The molecule has 0 unspecified atom stereocenters. The number of amides is 2. The highest BCUT2D eigenvalue weighted by Gasteiger charge is 2.30. The van der Waals surface area contributed by atoms with Crippen molar-refractivity contribution in [2.45, 2.75) is 38.1 Å². The fourth-order valence-electron chi connectivity index (χ4n) is 3.90. The van der Waals surface area contributed by atoms with Crippen LogP contribution in [0.4, 0.5) is 0 Å². The molecule has 2 N–H and O–H groups in total. The van der Waals surface area contributed by atoms with E-state index in [9.17, 15) is 9.59 Å². The Labute approximate surface area is 173 Å². The van der Waals surface area contributed by atoms with Crippen LogP contribution in [-0.4, -0.2) is 67.0 Å². The molecule has 0 aliphatic carbocycles. The number of nitrogens with zero attached hydrogens (tertiary/aromatic N) is 2. The maximum atomic E-state index is 12.6. The van der Waals surface area contributed by atoms with E-state index in [-0.39, 0.29) is 36.2 Å². The number of hydrogen-bond acceptors (Lipinski definition) is 4. The molecule has 2 saturated heterocycles. The fourth-order valence-corrected chi connectivity index (χ4v) is 3.90. The van der Waals surface area contributed by atoms with Crippen LogP contribution in [0.25, 0.3) is 0 Å². The Kier molecular flexibility index (Phi) is 9.22. The number of carbonyl (C=O) groups is 2. The predicted octanol–water partition coefficient (Wildman–Crippen LogP) is 1.86. The largest absolute Gasteiger partial charge is 0.378 e. The lowest BCUT2D eigenvalue weighted by Gasteiger charge is -2.35. The van der Waals surface area contributed by atoms with Gasteiger partial charge in [-0.1, -0.05) is 30.3 Å². The zero-order valence-corrected chi connectivity index (χ0v) is 17.2. The predicted molar refractivity (Wildman–Crippen MR) is 111 cm³/mol. The summed E-state index contributed by atoms with van der Waals surface area (Å²) >= 11 is 0. The van der Waals surface area contributed by atoms with E-state index in [0.717, 1.165) is 19.3 Å². The van der Waals surface area contributed by atoms with Crippen LogP contribution in [0.5, 0.6) is 0 Å². The molecule has 156 valence electrons. The first-order valence-electron chi connectivity index (χ1n) is 10.1. The van der Waals surface area contributed by atoms with Gasteiger partial charge in [0.05, 0.1) is 13.2 Å². The number of rotatable bonds is 6. The summed E-state index contributed by atoms with van der Waals surface area (Å²) in [6.07, 6.45) is 3.50. The Hall–Kier alpha value is -1.63. The topological polar surface area (TPSA) is 75.9 Å². The molecule has 0 spiro atoms. The Morgan fingerprint density at radius 1 is 1.04 bits per heavy atom. The third-order valence-corrected chi connectivity index (χ3v) is 5.59. The van der Waals surface area contributed by atoms with Crippen LogP contribution in [0.2, 0.25) is 0 Å². The van der Waals surface area contributed by atoms with E-state index in [1.165, 1.54) is 5.56 Å². The zero-order valence-electron chi connectivity index (χ0n) is 16.4. The second kappa shape index (κ2) is 11.4. The molecule has 0 bridgehead atoms. The smallest absolute Gasteiger partial charge is 0.225 e. The van der Waals surface area contributed by atoms with Crippen molar-refractivity contribution < 1.29 is 14.3 Å². The van der Waals surface area contributed by atoms with Gasteiger partial charge in [-0.05, 0) is 31.2 Å². The SMILES string of the molecule is Cl.N[C@@H](CCC(=O)N1CCC(C(=O)N2CCOCC2)CC1)Cc1ccccc1. The van der Waals surface area contributed by atoms with Gasteiger partial charge in [-0.15, -0.1) is 12.4 Å². The van der Waals surface area contributed by atoms with Gasteiger partial charge < -0.3 is 20.3 Å². The van der Waals surface area contributed by atoms with Crippen molar-refractivity contribution in [3.05, 3.63) is 35.9 Å². The zero-order chi connectivity index (χ0) is 19.1. The molecule has 2 fully saturated rings. The van der Waals surface area contributed by atoms with Crippen LogP contribution in [-0.2, 0) is 20.7 Å². The number of nitrogens with two attached hydrogens (primary N) is 1. The molecule has 0 radical (unpaired) electrons. The van der Waals surface area contributed by atoms with Crippen molar-refractivity contribution in [2.24, 2.45) is 11.7 Å². The van der Waals surface area contributed by atoms with Gasteiger partial charge in [0.25, 0.3) is 0 Å². The third kappa shape index (κ3) is 6.47. The van der Waals surface area contributed by atoms with E-state index in [1.54, 1.807) is 0 Å². The normalized spacial score (nSPS) is 19.0. The van der Waals surface area contributed by atoms with Gasteiger partial charge in [0.2, 0.25) is 11.8 Å². The van der Waals surface area contributed by atoms with Gasteiger partial charge in [0.1, 0.15) is 0 Å². The fraction of sp³-hybridized carbons (Fsp3) is 0.619. The summed E-state index contributed by atoms with van der Waals surface area (Å²) in [5.41, 5.74) is 7.41. The molecule has 7 heteroatoms. The number of halogens is 1. The van der Waals surface area contributed by atoms with Crippen molar-refractivity contribution in [3.63, 3.8) is 0 Å². The Morgan fingerprint density at radius 3 is 2.32 bits per heavy atom. The number of hydrogen-bond donors (Lipinski definition) is 1. The lowest BCUT2D eigenvalue weighted by atomic mass is 9.94. The molecule has 6 nitrogen and oxygen atoms in total. The molecule has 2 aliphatic heterocycles. The van der Waals surface area contributed by atoms with Crippen molar-refractivity contribution in [2.75, 3.05) is 39.4 Å². The third-order valence-electron chi connectivity index (χ3n) is 5.59. The van der Waals surface area contributed by atoms with Crippen molar-refractivity contribution >= 4 is 24.2 Å². The second-order valence-corrected chi connectivity index (χ2v) is 7.58. The molecule has 2 heterocycles. The molecule has 3 rings (SSSR count). The monoisotopic (exact) mass is 409 g/mol. The minimum Gasteiger partial charge on any atom is -0.378 e. The molecule has 1 atom stereocenters. The van der Waals surface area contributed by atoms with E-state index >= 15 is 0 Å². The van der Waals surface area contributed by atoms with E-state index in [4.69, 9.17) is 10.5 Å². The van der Waals surface area contributed by atoms with Crippen LogP contribution >= 0.6 is 12.4 Å². The summed E-state index contributed by atoms with van der Waals surface area (Å²) in [7, 11) is 0. The van der Waals surface area contributed by atoms with Crippen LogP contribution in [0.15, 0.2) is 30.3 Å². The minimum atomic E-state index is -0.00297. The molecule has 2 aliphatic rings. The molecule has 1 aromatic rings. The van der Waals surface area contributed by atoms with Gasteiger partial charge in [-0.3, -0.25) is 9.59 Å². The van der Waals surface area contributed by atoms with E-state index < -0.39 is 0 Å². The number of carbonyl (C=O) groups excluding carboxylic acids is 2. The first kappa shape index (κ1) is 22.7. The summed E-state index contributed by atoms with van der Waals surface area (Å²) < 4.78 is 5.31. The van der Waals surface area contributed by atoms with Gasteiger partial charge in [0.15, 0.2) is 0 Å². The maximum Gasteiger partial charge on any atom is 0.225 e. The first-order valence-corrected chi connectivity index (χ1v) is 10.1. The highest BCUT2D eigenvalue weighted by molar-refractivity contribution is 5.85. The molecular formula is C21H32ClN3O3. The Morgan fingerprint density at radius 2 is 1.68 bits per heavy atom. The lowest BCUT2D eigenvalue weighted by Crippen LogP contribution is -2.47. The molecule has 1 aromatic carbocycles. The number of piperidine rings is 1. The Balaban J connectivity index is 0.00000280. The first-order chi connectivity index (χ1) is 13.1. The molecule has 28 heavy (non-hydrogen) atoms. The summed E-state index contributed by atoms with van der Waals surface area (Å²) in [6, 6.07) is 10.1. The molecular weight excluding hydrogens is 378 g/mol. The van der Waals surface area contributed by atoms with E-state index in [0.29, 0.717) is 52.2 Å². The van der Waals surface area contributed by atoms with Gasteiger partial charge in [-0.25, -0.2) is 0 Å². The van der Waals surface area contributed by atoms with Crippen molar-refractivity contribution in [3.8, 4) is 0 Å². The summed E-state index contributed by atoms with van der Waals surface area (Å²) in [5, 5.41) is 0.